The number of amides is 4. The van der Waals surface area contributed by atoms with Gasteiger partial charge in [0.25, 0.3) is 11.6 Å². The number of anilines is 1. The SMILES string of the molecule is O=C(O)CC(NC(=O)C1N(C(=O)CCC2CCCC2)CCN1C(=O)Nc1cccc(F)c1)c1cccc([N+](=O)[O-])c1. The van der Waals surface area contributed by atoms with Crippen LogP contribution in [0.15, 0.2) is 48.5 Å². The van der Waals surface area contributed by atoms with Gasteiger partial charge in [-0.3, -0.25) is 29.4 Å². The van der Waals surface area contributed by atoms with E-state index in [-0.39, 0.29) is 42.4 Å². The van der Waals surface area contributed by atoms with Crippen molar-refractivity contribution in [3.8, 4) is 0 Å². The number of halogens is 1. The van der Waals surface area contributed by atoms with Crippen LogP contribution in [0.1, 0.15) is 56.6 Å². The molecule has 218 valence electrons. The number of hydrogen-bond acceptors (Lipinski definition) is 6. The summed E-state index contributed by atoms with van der Waals surface area (Å²) in [7, 11) is 0. The van der Waals surface area contributed by atoms with Crippen LogP contribution in [0.25, 0.3) is 0 Å². The van der Waals surface area contributed by atoms with Crippen LogP contribution in [-0.4, -0.2) is 62.9 Å². The molecule has 1 saturated carbocycles. The number of non-ortho nitro benzene ring substituents is 1. The van der Waals surface area contributed by atoms with Gasteiger partial charge in [-0.15, -0.1) is 0 Å². The first kappa shape index (κ1) is 29.4. The molecule has 1 aliphatic heterocycles. The summed E-state index contributed by atoms with van der Waals surface area (Å²) in [4.78, 5) is 65.0. The monoisotopic (exact) mass is 569 g/mol. The van der Waals surface area contributed by atoms with Gasteiger partial charge in [0, 0.05) is 37.3 Å². The molecule has 1 saturated heterocycles. The number of carbonyl (C=O) groups is 4. The molecule has 12 nitrogen and oxygen atoms in total. The van der Waals surface area contributed by atoms with E-state index in [1.807, 2.05) is 0 Å². The maximum atomic E-state index is 13.7. The first-order valence-corrected chi connectivity index (χ1v) is 13.5. The topological polar surface area (TPSA) is 162 Å². The zero-order valence-electron chi connectivity index (χ0n) is 22.3. The normalized spacial score (nSPS) is 17.7. The standard InChI is InChI=1S/C28H32FN5O7/c29-20-8-4-9-21(16-20)30-28(39)33-14-13-32(24(35)12-11-18-5-1-2-6-18)27(33)26(38)31-23(17-25(36)37)19-7-3-10-22(15-19)34(40)41/h3-4,7-10,15-16,18,23,27H,1-2,5-6,11-14,17H2,(H,30,39)(H,31,38)(H,36,37). The van der Waals surface area contributed by atoms with Crippen LogP contribution in [0.5, 0.6) is 0 Å². The van der Waals surface area contributed by atoms with Gasteiger partial charge >= 0.3 is 12.0 Å². The summed E-state index contributed by atoms with van der Waals surface area (Å²) in [6.45, 7) is 0.0768. The molecule has 2 aromatic carbocycles. The Kier molecular flexibility index (Phi) is 9.48. The van der Waals surface area contributed by atoms with Gasteiger partial charge in [0.15, 0.2) is 6.17 Å². The van der Waals surface area contributed by atoms with E-state index in [9.17, 15) is 38.8 Å². The van der Waals surface area contributed by atoms with Crippen molar-refractivity contribution in [2.24, 2.45) is 5.92 Å². The lowest BCUT2D eigenvalue weighted by molar-refractivity contribution is -0.384. The number of benzene rings is 2. The zero-order chi connectivity index (χ0) is 29.5. The van der Waals surface area contributed by atoms with Crippen LogP contribution in [0, 0.1) is 21.8 Å². The molecule has 3 N–H and O–H groups in total. The lowest BCUT2D eigenvalue weighted by Crippen LogP contribution is -2.55. The average molecular weight is 570 g/mol. The van der Waals surface area contributed by atoms with E-state index >= 15 is 0 Å². The summed E-state index contributed by atoms with van der Waals surface area (Å²) in [5.74, 6) is -2.55. The summed E-state index contributed by atoms with van der Waals surface area (Å²) in [5, 5.41) is 25.9. The summed E-state index contributed by atoms with van der Waals surface area (Å²) in [6, 6.07) is 8.52. The highest BCUT2D eigenvalue weighted by Crippen LogP contribution is 2.30. The number of rotatable bonds is 10. The lowest BCUT2D eigenvalue weighted by atomic mass is 10.0. The Bertz CT molecular complexity index is 1320. The van der Waals surface area contributed by atoms with E-state index in [4.69, 9.17) is 0 Å². The highest BCUT2D eigenvalue weighted by atomic mass is 19.1. The first-order chi connectivity index (χ1) is 19.6. The molecule has 1 heterocycles. The molecule has 2 aromatic rings. The van der Waals surface area contributed by atoms with Crippen LogP contribution >= 0.6 is 0 Å². The third-order valence-electron chi connectivity index (χ3n) is 7.48. The Morgan fingerprint density at radius 1 is 1.05 bits per heavy atom. The fraction of sp³-hybridized carbons (Fsp3) is 0.429. The molecule has 2 atom stereocenters. The fourth-order valence-electron chi connectivity index (χ4n) is 5.45. The molecule has 0 spiro atoms. The Morgan fingerprint density at radius 3 is 2.44 bits per heavy atom. The van der Waals surface area contributed by atoms with Crippen LogP contribution in [0.3, 0.4) is 0 Å². The van der Waals surface area contributed by atoms with Gasteiger partial charge in [-0.25, -0.2) is 9.18 Å². The molecule has 1 aliphatic carbocycles. The molecule has 0 bridgehead atoms. The summed E-state index contributed by atoms with van der Waals surface area (Å²) >= 11 is 0. The Morgan fingerprint density at radius 2 is 1.76 bits per heavy atom. The van der Waals surface area contributed by atoms with Gasteiger partial charge in [0.05, 0.1) is 17.4 Å². The van der Waals surface area contributed by atoms with Crippen LogP contribution in [0.4, 0.5) is 20.6 Å². The number of nitrogens with zero attached hydrogens (tertiary/aromatic N) is 3. The number of aliphatic carboxylic acids is 1. The second-order valence-corrected chi connectivity index (χ2v) is 10.3. The third-order valence-corrected chi connectivity index (χ3v) is 7.48. The Hall–Kier alpha value is -4.55. The highest BCUT2D eigenvalue weighted by molar-refractivity contribution is 5.96. The molecule has 2 aliphatic rings. The van der Waals surface area contributed by atoms with Crippen molar-refractivity contribution in [3.63, 3.8) is 0 Å². The van der Waals surface area contributed by atoms with Crippen molar-refractivity contribution < 1.29 is 33.6 Å². The van der Waals surface area contributed by atoms with Crippen molar-refractivity contribution in [2.75, 3.05) is 18.4 Å². The van der Waals surface area contributed by atoms with E-state index in [0.29, 0.717) is 12.3 Å². The highest BCUT2D eigenvalue weighted by Gasteiger charge is 2.43. The van der Waals surface area contributed by atoms with Gasteiger partial charge in [0.1, 0.15) is 5.82 Å². The number of nitrogens with one attached hydrogen (secondary N) is 2. The van der Waals surface area contributed by atoms with E-state index < -0.39 is 47.3 Å². The second-order valence-electron chi connectivity index (χ2n) is 10.3. The molecular weight excluding hydrogens is 537 g/mol. The van der Waals surface area contributed by atoms with Gasteiger partial charge in [-0.2, -0.15) is 0 Å². The predicted octanol–water partition coefficient (Wildman–Crippen LogP) is 4.04. The molecule has 0 radical (unpaired) electrons. The van der Waals surface area contributed by atoms with E-state index in [2.05, 4.69) is 10.6 Å². The lowest BCUT2D eigenvalue weighted by Gasteiger charge is -2.31. The third kappa shape index (κ3) is 7.56. The summed E-state index contributed by atoms with van der Waals surface area (Å²) in [5.41, 5.74) is 0.0520. The average Bonchev–Trinajstić information content (AvgIpc) is 3.62. The second kappa shape index (κ2) is 13.2. The van der Waals surface area contributed by atoms with Crippen LogP contribution < -0.4 is 10.6 Å². The van der Waals surface area contributed by atoms with Crippen molar-refractivity contribution in [1.29, 1.82) is 0 Å². The Labute approximate surface area is 235 Å². The first-order valence-electron chi connectivity index (χ1n) is 13.5. The minimum atomic E-state index is -1.41. The summed E-state index contributed by atoms with van der Waals surface area (Å²) < 4.78 is 13.7. The van der Waals surface area contributed by atoms with E-state index in [1.54, 1.807) is 0 Å². The number of carbonyl (C=O) groups excluding carboxylic acids is 3. The van der Waals surface area contributed by atoms with Crippen LogP contribution in [-0.2, 0) is 14.4 Å². The summed E-state index contributed by atoms with van der Waals surface area (Å²) in [6.07, 6.45) is 3.17. The number of urea groups is 1. The van der Waals surface area contributed by atoms with Crippen molar-refractivity contribution in [1.82, 2.24) is 15.1 Å². The van der Waals surface area contributed by atoms with Gasteiger partial charge in [-0.1, -0.05) is 43.9 Å². The smallest absolute Gasteiger partial charge is 0.323 e. The number of carboxylic acid groups (broad SMARTS) is 1. The number of hydrogen-bond donors (Lipinski definition) is 3. The van der Waals surface area contributed by atoms with Crippen molar-refractivity contribution in [3.05, 3.63) is 70.0 Å². The molecule has 4 amide bonds. The van der Waals surface area contributed by atoms with E-state index in [0.717, 1.165) is 36.6 Å². The van der Waals surface area contributed by atoms with Gasteiger partial charge in [0.2, 0.25) is 5.91 Å². The van der Waals surface area contributed by atoms with Crippen molar-refractivity contribution >= 4 is 35.2 Å². The molecule has 2 fully saturated rings. The number of nitro benzene ring substituents is 1. The quantitative estimate of drug-likeness (QED) is 0.287. The van der Waals surface area contributed by atoms with Crippen molar-refractivity contribution in [2.45, 2.75) is 57.2 Å². The predicted molar refractivity (Wildman–Crippen MR) is 145 cm³/mol. The number of carboxylic acids is 1. The van der Waals surface area contributed by atoms with Crippen LogP contribution in [0.2, 0.25) is 0 Å². The zero-order valence-corrected chi connectivity index (χ0v) is 22.3. The van der Waals surface area contributed by atoms with Gasteiger partial charge in [-0.05, 0) is 36.1 Å². The minimum absolute atomic E-state index is 0.00874. The molecule has 13 heteroatoms. The maximum Gasteiger partial charge on any atom is 0.323 e. The van der Waals surface area contributed by atoms with E-state index in [1.165, 1.54) is 47.4 Å². The minimum Gasteiger partial charge on any atom is -0.481 e. The molecule has 41 heavy (non-hydrogen) atoms. The largest absolute Gasteiger partial charge is 0.481 e. The Balaban J connectivity index is 1.58. The maximum absolute atomic E-state index is 13.7. The molecule has 0 aromatic heterocycles. The number of nitro groups is 1. The molecule has 2 unspecified atom stereocenters. The molecule has 4 rings (SSSR count). The molecular formula is C28H32FN5O7. The van der Waals surface area contributed by atoms with Gasteiger partial charge < -0.3 is 20.6 Å². The fourth-order valence-corrected chi connectivity index (χ4v) is 5.45.